The van der Waals surface area contributed by atoms with Gasteiger partial charge in [0.25, 0.3) is 5.91 Å². The van der Waals surface area contributed by atoms with E-state index in [0.717, 1.165) is 29.8 Å². The zero-order valence-corrected chi connectivity index (χ0v) is 16.3. The lowest BCUT2D eigenvalue weighted by atomic mass is 10.0. The highest BCUT2D eigenvalue weighted by atomic mass is 32.2. The summed E-state index contributed by atoms with van der Waals surface area (Å²) in [6.07, 6.45) is 0. The fourth-order valence-electron chi connectivity index (χ4n) is 2.35. The summed E-state index contributed by atoms with van der Waals surface area (Å²) in [6.45, 7) is 2.76. The minimum atomic E-state index is -3.99. The maximum Gasteiger partial charge on any atom is 0.321 e. The van der Waals surface area contributed by atoms with Gasteiger partial charge in [0.1, 0.15) is 12.4 Å². The molecule has 7 nitrogen and oxygen atoms in total. The summed E-state index contributed by atoms with van der Waals surface area (Å²) in [7, 11) is -3.99. The lowest BCUT2D eigenvalue weighted by Crippen LogP contribution is -2.32. The Balaban J connectivity index is 1.84. The van der Waals surface area contributed by atoms with Crippen molar-refractivity contribution in [2.45, 2.75) is 24.7 Å². The minimum Gasteiger partial charge on any atom is -0.455 e. The molecule has 0 aromatic heterocycles. The van der Waals surface area contributed by atoms with E-state index in [1.807, 2.05) is 30.7 Å². The van der Waals surface area contributed by atoms with Crippen molar-refractivity contribution < 1.29 is 27.1 Å². The Bertz CT molecular complexity index is 943. The van der Waals surface area contributed by atoms with Crippen molar-refractivity contribution in [3.05, 3.63) is 59.9 Å². The summed E-state index contributed by atoms with van der Waals surface area (Å²) in [5.74, 6) is -1.84. The average molecular weight is 408 g/mol. The Hall–Kier alpha value is -2.78. The molecule has 2 rings (SSSR count). The number of hydrogen-bond donors (Lipinski definition) is 2. The molecular weight excluding hydrogens is 387 g/mol. The topological polar surface area (TPSA) is 102 Å². The Kier molecular flexibility index (Phi) is 7.24. The third kappa shape index (κ3) is 6.14. The van der Waals surface area contributed by atoms with Crippen molar-refractivity contribution in [1.82, 2.24) is 4.72 Å². The van der Waals surface area contributed by atoms with Gasteiger partial charge in [-0.2, -0.15) is 4.72 Å². The predicted octanol–water partition coefficient (Wildman–Crippen LogP) is 2.41. The predicted molar refractivity (Wildman–Crippen MR) is 102 cm³/mol. The van der Waals surface area contributed by atoms with Crippen molar-refractivity contribution in [2.24, 2.45) is 0 Å². The van der Waals surface area contributed by atoms with E-state index in [1.54, 1.807) is 12.1 Å². The molecule has 0 saturated heterocycles. The van der Waals surface area contributed by atoms with Gasteiger partial charge in [-0.1, -0.05) is 32.0 Å². The van der Waals surface area contributed by atoms with Gasteiger partial charge in [-0.25, -0.2) is 12.8 Å². The molecule has 0 heterocycles. The minimum absolute atomic E-state index is 0.190. The SMILES string of the molecule is CC(C)c1ccccc1NC(=O)COC(=O)CNS(=O)(=O)c1ccc(F)cc1. The number of carbonyl (C=O) groups is 2. The van der Waals surface area contributed by atoms with Crippen LogP contribution in [-0.2, 0) is 24.3 Å². The van der Waals surface area contributed by atoms with Gasteiger partial charge in [0.2, 0.25) is 10.0 Å². The fourth-order valence-corrected chi connectivity index (χ4v) is 3.32. The number of para-hydroxylation sites is 1. The molecule has 0 saturated carbocycles. The summed E-state index contributed by atoms with van der Waals surface area (Å²) < 4.78 is 43.7. The van der Waals surface area contributed by atoms with E-state index in [0.29, 0.717) is 5.69 Å². The lowest BCUT2D eigenvalue weighted by molar-refractivity contribution is -0.146. The molecule has 0 fully saturated rings. The zero-order chi connectivity index (χ0) is 20.7. The molecule has 0 aliphatic rings. The van der Waals surface area contributed by atoms with Gasteiger partial charge in [0, 0.05) is 5.69 Å². The smallest absolute Gasteiger partial charge is 0.321 e. The number of nitrogens with one attached hydrogen (secondary N) is 2. The summed E-state index contributed by atoms with van der Waals surface area (Å²) >= 11 is 0. The molecule has 28 heavy (non-hydrogen) atoms. The Morgan fingerprint density at radius 3 is 2.36 bits per heavy atom. The van der Waals surface area contributed by atoms with Gasteiger partial charge in [-0.3, -0.25) is 9.59 Å². The Labute approximate surface area is 163 Å². The van der Waals surface area contributed by atoms with Crippen molar-refractivity contribution in [2.75, 3.05) is 18.5 Å². The second kappa shape index (κ2) is 9.43. The summed E-state index contributed by atoms with van der Waals surface area (Å²) in [6, 6.07) is 11.4. The van der Waals surface area contributed by atoms with Crippen molar-refractivity contribution >= 4 is 27.6 Å². The van der Waals surface area contributed by atoms with Crippen LogP contribution in [0.1, 0.15) is 25.3 Å². The Morgan fingerprint density at radius 2 is 1.71 bits per heavy atom. The van der Waals surface area contributed by atoms with Gasteiger partial charge in [0.05, 0.1) is 4.90 Å². The zero-order valence-electron chi connectivity index (χ0n) is 15.4. The number of anilines is 1. The van der Waals surface area contributed by atoms with Gasteiger partial charge in [-0.05, 0) is 41.8 Å². The average Bonchev–Trinajstić information content (AvgIpc) is 2.65. The van der Waals surface area contributed by atoms with Crippen molar-refractivity contribution in [3.8, 4) is 0 Å². The van der Waals surface area contributed by atoms with E-state index in [-0.39, 0.29) is 10.8 Å². The summed E-state index contributed by atoms with van der Waals surface area (Å²) in [5.41, 5.74) is 1.56. The van der Waals surface area contributed by atoms with E-state index in [9.17, 15) is 22.4 Å². The molecule has 0 radical (unpaired) electrons. The van der Waals surface area contributed by atoms with E-state index in [1.165, 1.54) is 0 Å². The number of carbonyl (C=O) groups excluding carboxylic acids is 2. The van der Waals surface area contributed by atoms with Gasteiger partial charge < -0.3 is 10.1 Å². The molecule has 0 spiro atoms. The number of hydrogen-bond acceptors (Lipinski definition) is 5. The molecular formula is C19H21FN2O5S. The van der Waals surface area contributed by atoms with Crippen molar-refractivity contribution in [3.63, 3.8) is 0 Å². The van der Waals surface area contributed by atoms with Gasteiger partial charge in [-0.15, -0.1) is 0 Å². The lowest BCUT2D eigenvalue weighted by Gasteiger charge is -2.13. The normalized spacial score (nSPS) is 11.3. The molecule has 0 bridgehead atoms. The Morgan fingerprint density at radius 1 is 1.07 bits per heavy atom. The van der Waals surface area contributed by atoms with Crippen LogP contribution in [0.4, 0.5) is 10.1 Å². The number of esters is 1. The molecule has 0 unspecified atom stereocenters. The standard InChI is InChI=1S/C19H21FN2O5S/c1-13(2)16-5-3-4-6-17(16)22-18(23)12-27-19(24)11-21-28(25,26)15-9-7-14(20)8-10-15/h3-10,13,21H,11-12H2,1-2H3,(H,22,23). The number of halogens is 1. The van der Waals surface area contributed by atoms with Crippen LogP contribution >= 0.6 is 0 Å². The van der Waals surface area contributed by atoms with E-state index < -0.39 is 40.9 Å². The highest BCUT2D eigenvalue weighted by Gasteiger charge is 2.17. The van der Waals surface area contributed by atoms with Crippen LogP contribution in [0.5, 0.6) is 0 Å². The van der Waals surface area contributed by atoms with E-state index in [4.69, 9.17) is 4.74 Å². The highest BCUT2D eigenvalue weighted by Crippen LogP contribution is 2.23. The third-order valence-electron chi connectivity index (χ3n) is 3.75. The van der Waals surface area contributed by atoms with Crippen LogP contribution in [0.25, 0.3) is 0 Å². The number of sulfonamides is 1. The largest absolute Gasteiger partial charge is 0.455 e. The first kappa shape index (κ1) is 21.5. The summed E-state index contributed by atoms with van der Waals surface area (Å²) in [5, 5.41) is 2.66. The first-order valence-corrected chi connectivity index (χ1v) is 9.97. The van der Waals surface area contributed by atoms with Crippen LogP contribution in [0.3, 0.4) is 0 Å². The fraction of sp³-hybridized carbons (Fsp3) is 0.263. The van der Waals surface area contributed by atoms with Crippen LogP contribution in [0, 0.1) is 5.82 Å². The molecule has 150 valence electrons. The second-order valence-corrected chi connectivity index (χ2v) is 8.00. The van der Waals surface area contributed by atoms with Crippen molar-refractivity contribution in [1.29, 1.82) is 0 Å². The monoisotopic (exact) mass is 408 g/mol. The maximum atomic E-state index is 12.9. The molecule has 0 atom stereocenters. The quantitative estimate of drug-likeness (QED) is 0.653. The number of ether oxygens (including phenoxy) is 1. The molecule has 0 aliphatic heterocycles. The molecule has 2 aromatic rings. The maximum absolute atomic E-state index is 12.9. The number of amides is 1. The third-order valence-corrected chi connectivity index (χ3v) is 5.17. The van der Waals surface area contributed by atoms with Gasteiger partial charge >= 0.3 is 5.97 Å². The second-order valence-electron chi connectivity index (χ2n) is 6.23. The molecule has 2 N–H and O–H groups in total. The van der Waals surface area contributed by atoms with E-state index >= 15 is 0 Å². The number of rotatable bonds is 8. The molecule has 1 amide bonds. The van der Waals surface area contributed by atoms with Gasteiger partial charge in [0.15, 0.2) is 6.61 Å². The summed E-state index contributed by atoms with van der Waals surface area (Å²) in [4.78, 5) is 23.5. The van der Waals surface area contributed by atoms with Crippen LogP contribution in [-0.4, -0.2) is 33.4 Å². The highest BCUT2D eigenvalue weighted by molar-refractivity contribution is 7.89. The van der Waals surface area contributed by atoms with Crippen LogP contribution in [0.2, 0.25) is 0 Å². The number of benzene rings is 2. The molecule has 2 aromatic carbocycles. The molecule has 9 heteroatoms. The van der Waals surface area contributed by atoms with Crippen LogP contribution in [0.15, 0.2) is 53.4 Å². The first-order valence-electron chi connectivity index (χ1n) is 8.48. The first-order chi connectivity index (χ1) is 13.2. The molecule has 0 aliphatic carbocycles. The van der Waals surface area contributed by atoms with E-state index in [2.05, 4.69) is 5.32 Å². The van der Waals surface area contributed by atoms with Crippen LogP contribution < -0.4 is 10.0 Å².